The van der Waals surface area contributed by atoms with E-state index in [9.17, 15) is 5.26 Å². The Morgan fingerprint density at radius 2 is 2.33 bits per heavy atom. The Bertz CT molecular complexity index is 447. The molecule has 1 unspecified atom stereocenters. The van der Waals surface area contributed by atoms with Crippen molar-refractivity contribution in [3.05, 3.63) is 16.1 Å². The van der Waals surface area contributed by atoms with Gasteiger partial charge in [-0.05, 0) is 12.8 Å². The molecule has 1 aliphatic rings. The number of ether oxygens (including phenoxy) is 1. The molecule has 1 saturated heterocycles. The lowest BCUT2D eigenvalue weighted by atomic mass is 9.81. The SMILES string of the molecule is CC(C)(C)c1csc(CC2(C#N)CCCOC2)n1. The fraction of sp³-hybridized carbons (Fsp3) is 0.714. The van der Waals surface area contributed by atoms with Gasteiger partial charge in [0, 0.05) is 23.8 Å². The third-order valence-electron chi connectivity index (χ3n) is 3.37. The number of thiazole rings is 1. The van der Waals surface area contributed by atoms with E-state index in [0.29, 0.717) is 6.61 Å². The summed E-state index contributed by atoms with van der Waals surface area (Å²) in [6.07, 6.45) is 2.63. The van der Waals surface area contributed by atoms with Crippen LogP contribution in [0.2, 0.25) is 0 Å². The molecule has 1 atom stereocenters. The van der Waals surface area contributed by atoms with Gasteiger partial charge in [0.2, 0.25) is 0 Å². The molecule has 0 amide bonds. The van der Waals surface area contributed by atoms with Crippen molar-refractivity contribution in [3.63, 3.8) is 0 Å². The molecule has 0 aliphatic carbocycles. The molecule has 1 aromatic heterocycles. The van der Waals surface area contributed by atoms with Crippen LogP contribution in [0.3, 0.4) is 0 Å². The summed E-state index contributed by atoms with van der Waals surface area (Å²) < 4.78 is 5.48. The molecule has 98 valence electrons. The molecule has 1 aliphatic heterocycles. The van der Waals surface area contributed by atoms with Gasteiger partial charge in [-0.1, -0.05) is 20.8 Å². The minimum atomic E-state index is -0.356. The highest BCUT2D eigenvalue weighted by Crippen LogP contribution is 2.34. The van der Waals surface area contributed by atoms with Crippen molar-refractivity contribution >= 4 is 11.3 Å². The van der Waals surface area contributed by atoms with Crippen LogP contribution in [0.5, 0.6) is 0 Å². The number of nitriles is 1. The minimum Gasteiger partial charge on any atom is -0.380 e. The van der Waals surface area contributed by atoms with Gasteiger partial charge in [0.1, 0.15) is 0 Å². The van der Waals surface area contributed by atoms with E-state index in [2.05, 4.69) is 37.2 Å². The smallest absolute Gasteiger partial charge is 0.0945 e. The molecule has 0 saturated carbocycles. The Kier molecular flexibility index (Phi) is 3.74. The van der Waals surface area contributed by atoms with Gasteiger partial charge in [-0.2, -0.15) is 5.26 Å². The van der Waals surface area contributed by atoms with Crippen molar-refractivity contribution in [3.8, 4) is 6.07 Å². The van der Waals surface area contributed by atoms with E-state index < -0.39 is 0 Å². The number of hydrogen-bond acceptors (Lipinski definition) is 4. The van der Waals surface area contributed by atoms with Crippen LogP contribution in [-0.4, -0.2) is 18.2 Å². The topological polar surface area (TPSA) is 45.9 Å². The van der Waals surface area contributed by atoms with Gasteiger partial charge in [0.05, 0.1) is 28.8 Å². The quantitative estimate of drug-likeness (QED) is 0.823. The summed E-state index contributed by atoms with van der Waals surface area (Å²) in [5, 5.41) is 12.6. The average Bonchev–Trinajstić information content (AvgIpc) is 2.78. The lowest BCUT2D eigenvalue weighted by Crippen LogP contribution is -2.32. The Balaban J connectivity index is 2.13. The second-order valence-corrected chi connectivity index (χ2v) is 7.04. The van der Waals surface area contributed by atoms with Crippen molar-refractivity contribution in [2.75, 3.05) is 13.2 Å². The van der Waals surface area contributed by atoms with Gasteiger partial charge in [-0.15, -0.1) is 11.3 Å². The second-order valence-electron chi connectivity index (χ2n) is 6.10. The Hall–Kier alpha value is -0.920. The first-order valence-corrected chi connectivity index (χ1v) is 7.27. The van der Waals surface area contributed by atoms with Gasteiger partial charge < -0.3 is 4.74 Å². The van der Waals surface area contributed by atoms with Crippen molar-refractivity contribution in [1.29, 1.82) is 5.26 Å². The Morgan fingerprint density at radius 3 is 2.83 bits per heavy atom. The van der Waals surface area contributed by atoms with E-state index >= 15 is 0 Å². The van der Waals surface area contributed by atoms with E-state index in [0.717, 1.165) is 36.6 Å². The predicted molar refractivity (Wildman–Crippen MR) is 72.6 cm³/mol. The maximum absolute atomic E-state index is 9.42. The lowest BCUT2D eigenvalue weighted by molar-refractivity contribution is 0.0223. The summed E-state index contributed by atoms with van der Waals surface area (Å²) in [6.45, 7) is 7.82. The molecule has 0 radical (unpaired) electrons. The van der Waals surface area contributed by atoms with Crippen LogP contribution in [0, 0.1) is 16.7 Å². The maximum atomic E-state index is 9.42. The third-order valence-corrected chi connectivity index (χ3v) is 4.22. The molecule has 0 spiro atoms. The molecule has 2 rings (SSSR count). The molecule has 4 heteroatoms. The van der Waals surface area contributed by atoms with Gasteiger partial charge in [0.25, 0.3) is 0 Å². The predicted octanol–water partition coefficient (Wildman–Crippen LogP) is 3.30. The fourth-order valence-corrected chi connectivity index (χ4v) is 3.31. The van der Waals surface area contributed by atoms with Gasteiger partial charge in [0.15, 0.2) is 0 Å². The molecule has 1 aromatic rings. The Labute approximate surface area is 113 Å². The highest BCUT2D eigenvalue weighted by Gasteiger charge is 2.34. The average molecular weight is 264 g/mol. The van der Waals surface area contributed by atoms with E-state index in [1.807, 2.05) is 0 Å². The third kappa shape index (κ3) is 2.90. The molecule has 0 bridgehead atoms. The normalized spacial score (nSPS) is 24.8. The molecule has 3 nitrogen and oxygen atoms in total. The van der Waals surface area contributed by atoms with E-state index in [4.69, 9.17) is 4.74 Å². The molecule has 0 N–H and O–H groups in total. The summed E-state index contributed by atoms with van der Waals surface area (Å²) in [6, 6.07) is 2.46. The van der Waals surface area contributed by atoms with Gasteiger partial charge in [-0.3, -0.25) is 0 Å². The van der Waals surface area contributed by atoms with Crippen LogP contribution in [0.1, 0.15) is 44.3 Å². The van der Waals surface area contributed by atoms with Crippen molar-refractivity contribution in [2.24, 2.45) is 5.41 Å². The van der Waals surface area contributed by atoms with Crippen molar-refractivity contribution in [2.45, 2.75) is 45.4 Å². The first kappa shape index (κ1) is 13.5. The molecular weight excluding hydrogens is 244 g/mol. The summed E-state index contributed by atoms with van der Waals surface area (Å²) in [5.74, 6) is 0. The monoisotopic (exact) mass is 264 g/mol. The molecule has 1 fully saturated rings. The van der Waals surface area contributed by atoms with Crippen LogP contribution in [0.15, 0.2) is 5.38 Å². The van der Waals surface area contributed by atoms with Gasteiger partial charge in [-0.25, -0.2) is 4.98 Å². The highest BCUT2D eigenvalue weighted by molar-refractivity contribution is 7.09. The molecular formula is C14H20N2OS. The molecule has 18 heavy (non-hydrogen) atoms. The zero-order valence-electron chi connectivity index (χ0n) is 11.3. The van der Waals surface area contributed by atoms with Crippen LogP contribution in [0.25, 0.3) is 0 Å². The summed E-state index contributed by atoms with van der Waals surface area (Å²) in [4.78, 5) is 4.68. The zero-order chi connectivity index (χ0) is 13.2. The first-order valence-electron chi connectivity index (χ1n) is 6.39. The van der Waals surface area contributed by atoms with E-state index in [1.165, 1.54) is 0 Å². The summed E-state index contributed by atoms with van der Waals surface area (Å²) in [5.41, 5.74) is 0.843. The Morgan fingerprint density at radius 1 is 1.56 bits per heavy atom. The van der Waals surface area contributed by atoms with Crippen LogP contribution in [0.4, 0.5) is 0 Å². The van der Waals surface area contributed by atoms with Crippen molar-refractivity contribution in [1.82, 2.24) is 4.98 Å². The van der Waals surface area contributed by atoms with Gasteiger partial charge >= 0.3 is 0 Å². The lowest BCUT2D eigenvalue weighted by Gasteiger charge is -2.29. The van der Waals surface area contributed by atoms with E-state index in [-0.39, 0.29) is 10.8 Å². The van der Waals surface area contributed by atoms with Crippen LogP contribution in [-0.2, 0) is 16.6 Å². The number of aromatic nitrogens is 1. The zero-order valence-corrected chi connectivity index (χ0v) is 12.1. The molecule has 2 heterocycles. The number of hydrogen-bond donors (Lipinski definition) is 0. The number of rotatable bonds is 2. The second kappa shape index (κ2) is 4.99. The summed E-state index contributed by atoms with van der Waals surface area (Å²) in [7, 11) is 0. The highest BCUT2D eigenvalue weighted by atomic mass is 32.1. The standard InChI is InChI=1S/C14H20N2OS/c1-13(2,3)11-8-18-12(16-11)7-14(9-15)5-4-6-17-10-14/h8H,4-7,10H2,1-3H3. The summed E-state index contributed by atoms with van der Waals surface area (Å²) >= 11 is 1.67. The largest absolute Gasteiger partial charge is 0.380 e. The maximum Gasteiger partial charge on any atom is 0.0945 e. The fourth-order valence-electron chi connectivity index (χ4n) is 2.15. The first-order chi connectivity index (χ1) is 8.45. The van der Waals surface area contributed by atoms with Crippen LogP contribution >= 0.6 is 11.3 Å². The number of nitrogens with zero attached hydrogens (tertiary/aromatic N) is 2. The van der Waals surface area contributed by atoms with Crippen LogP contribution < -0.4 is 0 Å². The van der Waals surface area contributed by atoms with E-state index in [1.54, 1.807) is 11.3 Å². The molecule has 0 aromatic carbocycles. The van der Waals surface area contributed by atoms with Crippen molar-refractivity contribution < 1.29 is 4.74 Å². The minimum absolute atomic E-state index is 0.0810.